The van der Waals surface area contributed by atoms with Gasteiger partial charge in [0.2, 0.25) is 0 Å². The number of hydrogen-bond donors (Lipinski definition) is 0. The normalized spacial score (nSPS) is 11.8. The fraction of sp³-hybridized carbons (Fsp3) is 0.875. The first-order valence-corrected chi connectivity index (χ1v) is 3.93. The molecule has 2 nitrogen and oxygen atoms in total. The molecule has 3 heteroatoms. The van der Waals surface area contributed by atoms with Crippen LogP contribution in [0, 0.1) is 5.92 Å². The van der Waals surface area contributed by atoms with Gasteiger partial charge in [-0.1, -0.05) is 26.7 Å². The zero-order valence-corrected chi connectivity index (χ0v) is 10.6. The van der Waals surface area contributed by atoms with E-state index in [0.717, 1.165) is 19.3 Å². The van der Waals surface area contributed by atoms with E-state index in [2.05, 4.69) is 6.92 Å². The Morgan fingerprint density at radius 2 is 2.00 bits per heavy atom. The molecule has 1 atom stereocenters. The van der Waals surface area contributed by atoms with Gasteiger partial charge in [0, 0.05) is 5.97 Å². The van der Waals surface area contributed by atoms with E-state index in [-0.39, 0.29) is 32.1 Å². The summed E-state index contributed by atoms with van der Waals surface area (Å²) >= 11 is 0. The number of unbranched alkanes of at least 4 members (excludes halogenated alkanes) is 1. The predicted molar refractivity (Wildman–Crippen MR) is 44.1 cm³/mol. The maximum atomic E-state index is 10.3. The van der Waals surface area contributed by atoms with E-state index in [1.165, 1.54) is 0 Å². The number of carboxylic acid groups (broad SMARTS) is 1. The minimum absolute atomic E-state index is 0. The SMILES string of the molecule is CCCCC(CC)C(=O)[O-].[Bi+3]. The molecule has 0 aromatic rings. The van der Waals surface area contributed by atoms with E-state index in [4.69, 9.17) is 0 Å². The van der Waals surface area contributed by atoms with Crippen LogP contribution in [0.15, 0.2) is 0 Å². The molecule has 0 heterocycles. The van der Waals surface area contributed by atoms with Crippen molar-refractivity contribution < 1.29 is 9.90 Å². The topological polar surface area (TPSA) is 40.1 Å². The molecule has 0 saturated heterocycles. The van der Waals surface area contributed by atoms with Crippen molar-refractivity contribution in [3.05, 3.63) is 0 Å². The van der Waals surface area contributed by atoms with E-state index in [1.54, 1.807) is 0 Å². The minimum atomic E-state index is -0.893. The van der Waals surface area contributed by atoms with Crippen LogP contribution >= 0.6 is 0 Å². The second kappa shape index (κ2) is 8.45. The second-order valence-corrected chi connectivity index (χ2v) is 2.57. The van der Waals surface area contributed by atoms with Crippen molar-refractivity contribution in [1.29, 1.82) is 0 Å². The Morgan fingerprint density at radius 1 is 1.45 bits per heavy atom. The van der Waals surface area contributed by atoms with Crippen molar-refractivity contribution in [2.24, 2.45) is 5.92 Å². The molecular weight excluding hydrogens is 337 g/mol. The molecule has 0 aromatic carbocycles. The Morgan fingerprint density at radius 3 is 2.27 bits per heavy atom. The summed E-state index contributed by atoms with van der Waals surface area (Å²) in [4.78, 5) is 10.3. The summed E-state index contributed by atoms with van der Waals surface area (Å²) < 4.78 is 0. The van der Waals surface area contributed by atoms with Gasteiger partial charge in [-0.05, 0) is 18.8 Å². The zero-order valence-electron chi connectivity index (χ0n) is 7.17. The number of carboxylic acids is 1. The number of aliphatic carboxylic acids is 1. The molecule has 0 amide bonds. The molecule has 0 rings (SSSR count). The van der Waals surface area contributed by atoms with Crippen molar-refractivity contribution in [3.8, 4) is 0 Å². The molecule has 0 aliphatic carbocycles. The van der Waals surface area contributed by atoms with E-state index in [1.807, 2.05) is 6.92 Å². The molecule has 0 aliphatic heterocycles. The number of carbonyl (C=O) groups excluding carboxylic acids is 1. The first kappa shape index (κ1) is 13.9. The Labute approximate surface area is 87.5 Å². The molecular formula is C8H15BiO2+2. The molecule has 0 spiro atoms. The summed E-state index contributed by atoms with van der Waals surface area (Å²) in [7, 11) is 0. The van der Waals surface area contributed by atoms with E-state index < -0.39 is 5.97 Å². The number of rotatable bonds is 5. The van der Waals surface area contributed by atoms with Crippen molar-refractivity contribution >= 4 is 32.2 Å². The quantitative estimate of drug-likeness (QED) is 0.679. The van der Waals surface area contributed by atoms with E-state index >= 15 is 0 Å². The second-order valence-electron chi connectivity index (χ2n) is 2.57. The van der Waals surface area contributed by atoms with Gasteiger partial charge in [-0.15, -0.1) is 0 Å². The fourth-order valence-electron chi connectivity index (χ4n) is 0.939. The van der Waals surface area contributed by atoms with E-state index in [0.29, 0.717) is 6.42 Å². The summed E-state index contributed by atoms with van der Waals surface area (Å²) in [5, 5.41) is 10.3. The Bertz CT molecular complexity index is 104. The molecule has 62 valence electrons. The zero-order chi connectivity index (χ0) is 7.98. The van der Waals surface area contributed by atoms with Gasteiger partial charge in [-0.2, -0.15) is 0 Å². The molecule has 0 fully saturated rings. The average molecular weight is 352 g/mol. The van der Waals surface area contributed by atoms with Gasteiger partial charge in [-0.25, -0.2) is 0 Å². The summed E-state index contributed by atoms with van der Waals surface area (Å²) in [6.07, 6.45) is 3.52. The van der Waals surface area contributed by atoms with Gasteiger partial charge >= 0.3 is 26.2 Å². The molecule has 0 bridgehead atoms. The molecule has 0 aromatic heterocycles. The van der Waals surface area contributed by atoms with Gasteiger partial charge in [0.15, 0.2) is 0 Å². The minimum Gasteiger partial charge on any atom is -0.550 e. The maximum absolute atomic E-state index is 10.3. The molecule has 0 saturated carbocycles. The third-order valence-electron chi connectivity index (χ3n) is 1.73. The van der Waals surface area contributed by atoms with Crippen molar-refractivity contribution in [1.82, 2.24) is 0 Å². The van der Waals surface area contributed by atoms with Crippen LogP contribution in [0.3, 0.4) is 0 Å². The summed E-state index contributed by atoms with van der Waals surface area (Å²) in [6.45, 7) is 3.94. The smallest absolute Gasteiger partial charge is 0.550 e. The summed E-state index contributed by atoms with van der Waals surface area (Å²) in [5.41, 5.74) is 0. The number of hydrogen-bond acceptors (Lipinski definition) is 2. The van der Waals surface area contributed by atoms with Crippen LogP contribution in [-0.2, 0) is 4.79 Å². The molecule has 0 aliphatic rings. The van der Waals surface area contributed by atoms with Crippen LogP contribution in [-0.4, -0.2) is 32.2 Å². The van der Waals surface area contributed by atoms with E-state index in [9.17, 15) is 9.90 Å². The van der Waals surface area contributed by atoms with Crippen LogP contribution in [0.4, 0.5) is 0 Å². The van der Waals surface area contributed by atoms with Crippen LogP contribution in [0.5, 0.6) is 0 Å². The van der Waals surface area contributed by atoms with Crippen LogP contribution in [0.1, 0.15) is 39.5 Å². The Balaban J connectivity index is 0. The van der Waals surface area contributed by atoms with Gasteiger partial charge in [0.05, 0.1) is 0 Å². The maximum Gasteiger partial charge on any atom is 3.00 e. The Kier molecular flexibility index (Phi) is 10.7. The third kappa shape index (κ3) is 6.74. The first-order chi connectivity index (χ1) is 4.72. The van der Waals surface area contributed by atoms with Gasteiger partial charge in [-0.3, -0.25) is 0 Å². The number of carbonyl (C=O) groups is 1. The fourth-order valence-corrected chi connectivity index (χ4v) is 0.939. The van der Waals surface area contributed by atoms with Crippen LogP contribution in [0.2, 0.25) is 0 Å². The van der Waals surface area contributed by atoms with Crippen molar-refractivity contribution in [2.75, 3.05) is 0 Å². The molecule has 2 radical (unpaired) electrons. The van der Waals surface area contributed by atoms with Crippen LogP contribution in [0.25, 0.3) is 0 Å². The predicted octanol–water partition coefficient (Wildman–Crippen LogP) is 0.572. The summed E-state index contributed by atoms with van der Waals surface area (Å²) in [6, 6.07) is 0. The molecule has 11 heavy (non-hydrogen) atoms. The average Bonchev–Trinajstić information content (AvgIpc) is 1.89. The third-order valence-corrected chi connectivity index (χ3v) is 1.73. The summed E-state index contributed by atoms with van der Waals surface area (Å²) in [5.74, 6) is -1.11. The first-order valence-electron chi connectivity index (χ1n) is 3.93. The van der Waals surface area contributed by atoms with Crippen molar-refractivity contribution in [3.63, 3.8) is 0 Å². The largest absolute Gasteiger partial charge is 3.00 e. The van der Waals surface area contributed by atoms with Crippen LogP contribution < -0.4 is 5.11 Å². The van der Waals surface area contributed by atoms with Gasteiger partial charge in [0.25, 0.3) is 0 Å². The molecule has 1 unspecified atom stereocenters. The monoisotopic (exact) mass is 352 g/mol. The van der Waals surface area contributed by atoms with Gasteiger partial charge in [0.1, 0.15) is 0 Å². The van der Waals surface area contributed by atoms with Crippen molar-refractivity contribution in [2.45, 2.75) is 39.5 Å². The Hall–Kier alpha value is 0.353. The standard InChI is InChI=1S/C8H16O2.Bi/c1-3-5-6-7(4-2)8(9)10;/h7H,3-6H2,1-2H3,(H,9,10);/q;+3/p-1. The molecule has 0 N–H and O–H groups in total. The van der Waals surface area contributed by atoms with Gasteiger partial charge < -0.3 is 9.90 Å².